The number of hydrogen-bond acceptors (Lipinski definition) is 9. The highest BCUT2D eigenvalue weighted by Crippen LogP contribution is 2.32. The Bertz CT molecular complexity index is 1500. The second-order valence-corrected chi connectivity index (χ2v) is 11.7. The lowest BCUT2D eigenvalue weighted by atomic mass is 10.1. The van der Waals surface area contributed by atoms with E-state index in [4.69, 9.17) is 21.1 Å². The average Bonchev–Trinajstić information content (AvgIpc) is 3.43. The van der Waals surface area contributed by atoms with Crippen LogP contribution in [0.5, 0.6) is 11.5 Å². The Hall–Kier alpha value is -3.60. The van der Waals surface area contributed by atoms with Crippen LogP contribution in [0, 0.1) is 0 Å². The summed E-state index contributed by atoms with van der Waals surface area (Å²) < 4.78 is 73.5. The lowest BCUT2D eigenvalue weighted by Gasteiger charge is -2.11. The van der Waals surface area contributed by atoms with Gasteiger partial charge in [0.05, 0.1) is 36.9 Å². The van der Waals surface area contributed by atoms with Gasteiger partial charge in [-0.2, -0.15) is 13.2 Å². The van der Waals surface area contributed by atoms with Gasteiger partial charge in [-0.25, -0.2) is 13.4 Å². The maximum absolute atomic E-state index is 12.7. The summed E-state index contributed by atoms with van der Waals surface area (Å²) in [4.78, 5) is 30.9. The van der Waals surface area contributed by atoms with Crippen LogP contribution in [0.3, 0.4) is 0 Å². The molecule has 0 saturated heterocycles. The number of pyridine rings is 1. The van der Waals surface area contributed by atoms with Crippen LogP contribution >= 0.6 is 22.9 Å². The van der Waals surface area contributed by atoms with Gasteiger partial charge >= 0.3 is 6.18 Å². The van der Waals surface area contributed by atoms with Gasteiger partial charge < -0.3 is 20.1 Å². The van der Waals surface area contributed by atoms with Gasteiger partial charge in [0.15, 0.2) is 0 Å². The smallest absolute Gasteiger partial charge is 0.417 e. The number of rotatable bonds is 13. The Morgan fingerprint density at radius 2 is 1.85 bits per heavy atom. The predicted octanol–water partition coefficient (Wildman–Crippen LogP) is 3.96. The number of alkyl halides is 3. The van der Waals surface area contributed by atoms with Crippen LogP contribution in [0.25, 0.3) is 0 Å². The van der Waals surface area contributed by atoms with Crippen LogP contribution < -0.4 is 30.4 Å². The van der Waals surface area contributed by atoms with E-state index in [1.54, 1.807) is 12.1 Å². The maximum atomic E-state index is 12.7. The monoisotopic (exact) mass is 635 g/mol. The summed E-state index contributed by atoms with van der Waals surface area (Å²) in [5, 5.41) is 5.18. The molecule has 2 heterocycles. The Balaban J connectivity index is 1.45. The van der Waals surface area contributed by atoms with Crippen LogP contribution in [0.2, 0.25) is 5.02 Å². The van der Waals surface area contributed by atoms with Crippen molar-refractivity contribution in [3.8, 4) is 11.5 Å². The molecule has 0 aliphatic heterocycles. The van der Waals surface area contributed by atoms with Gasteiger partial charge in [-0.3, -0.25) is 15.0 Å². The minimum atomic E-state index is -4.58. The van der Waals surface area contributed by atoms with E-state index in [0.717, 1.165) is 17.4 Å². The number of carbonyl (C=O) groups is 2. The van der Waals surface area contributed by atoms with Gasteiger partial charge in [-0.05, 0) is 42.8 Å². The minimum Gasteiger partial charge on any atom is -0.497 e. The standard InChI is InChI=1S/C24H25ClF3N5O6S2/c1-38-15-5-7-19(39-2)17(11-15)23(35)31-13-16-6-8-21(40-16)41(36,37)33-32-20(34)4-3-9-29-22-18(25)10-14(12-30-22)24(26,27)28/h5-8,10-12,33H,3-4,9,13H2,1-2H3,(H,29,30)(H,31,35)(H,32,34). The molecule has 41 heavy (non-hydrogen) atoms. The molecule has 0 bridgehead atoms. The fourth-order valence-electron chi connectivity index (χ4n) is 3.27. The number of methoxy groups -OCH3 is 2. The van der Waals surface area contributed by atoms with E-state index in [1.165, 1.54) is 32.4 Å². The molecule has 222 valence electrons. The first-order valence-corrected chi connectivity index (χ1v) is 14.4. The number of sulfonamides is 1. The summed E-state index contributed by atoms with van der Waals surface area (Å²) in [6.45, 7) is 0.177. The highest BCUT2D eigenvalue weighted by atomic mass is 35.5. The summed E-state index contributed by atoms with van der Waals surface area (Å²) in [5.74, 6) is -0.264. The third kappa shape index (κ3) is 8.94. The van der Waals surface area contributed by atoms with E-state index < -0.39 is 33.6 Å². The van der Waals surface area contributed by atoms with E-state index in [9.17, 15) is 31.2 Å². The van der Waals surface area contributed by atoms with Crippen molar-refractivity contribution in [1.82, 2.24) is 20.6 Å². The van der Waals surface area contributed by atoms with Crippen LogP contribution in [0.15, 0.2) is 46.8 Å². The molecule has 0 saturated carbocycles. The van der Waals surface area contributed by atoms with E-state index in [-0.39, 0.29) is 46.5 Å². The number of anilines is 1. The zero-order valence-corrected chi connectivity index (χ0v) is 24.0. The number of hydrazine groups is 1. The number of hydrogen-bond donors (Lipinski definition) is 4. The number of ether oxygens (including phenoxy) is 2. The normalized spacial score (nSPS) is 11.6. The van der Waals surface area contributed by atoms with Crippen molar-refractivity contribution in [2.45, 2.75) is 29.8 Å². The van der Waals surface area contributed by atoms with E-state index in [0.29, 0.717) is 22.6 Å². The van der Waals surface area contributed by atoms with Crippen LogP contribution in [-0.4, -0.2) is 46.0 Å². The highest BCUT2D eigenvalue weighted by Gasteiger charge is 2.31. The number of amides is 2. The molecule has 2 amide bonds. The zero-order valence-electron chi connectivity index (χ0n) is 21.6. The van der Waals surface area contributed by atoms with E-state index in [2.05, 4.69) is 21.0 Å². The highest BCUT2D eigenvalue weighted by molar-refractivity contribution is 7.91. The maximum Gasteiger partial charge on any atom is 0.417 e. The summed E-state index contributed by atoms with van der Waals surface area (Å²) in [5.41, 5.74) is 1.36. The van der Waals surface area contributed by atoms with Crippen LogP contribution in [-0.2, 0) is 27.5 Å². The molecule has 2 aromatic heterocycles. The molecule has 0 aliphatic rings. The third-order valence-electron chi connectivity index (χ3n) is 5.34. The topological polar surface area (TPSA) is 148 Å². The van der Waals surface area contributed by atoms with Crippen LogP contribution in [0.1, 0.15) is 33.6 Å². The van der Waals surface area contributed by atoms with Gasteiger partial charge in [0.2, 0.25) is 5.91 Å². The van der Waals surface area contributed by atoms with Crippen molar-refractivity contribution in [3.63, 3.8) is 0 Å². The van der Waals surface area contributed by atoms with Crippen LogP contribution in [0.4, 0.5) is 19.0 Å². The molecule has 11 nitrogen and oxygen atoms in total. The van der Waals surface area contributed by atoms with Gasteiger partial charge in [0.1, 0.15) is 21.5 Å². The molecule has 0 aliphatic carbocycles. The number of carbonyl (C=O) groups excluding carboxylic acids is 2. The lowest BCUT2D eigenvalue weighted by Crippen LogP contribution is -2.41. The number of aromatic nitrogens is 1. The van der Waals surface area contributed by atoms with Crippen molar-refractivity contribution in [2.75, 3.05) is 26.1 Å². The Morgan fingerprint density at radius 3 is 2.51 bits per heavy atom. The van der Waals surface area contributed by atoms with Crippen molar-refractivity contribution < 1.29 is 40.7 Å². The lowest BCUT2D eigenvalue weighted by molar-refractivity contribution is -0.137. The van der Waals surface area contributed by atoms with Gasteiger partial charge in [0, 0.05) is 24.0 Å². The molecule has 4 N–H and O–H groups in total. The molecule has 3 rings (SSSR count). The fourth-order valence-corrected chi connectivity index (χ4v) is 5.66. The first-order chi connectivity index (χ1) is 19.3. The molecule has 1 aromatic carbocycles. The SMILES string of the molecule is COc1ccc(OC)c(C(=O)NCc2ccc(S(=O)(=O)NNC(=O)CCCNc3ncc(C(F)(F)F)cc3Cl)s2)c1. The minimum absolute atomic E-state index is 0.0214. The van der Waals surface area contributed by atoms with E-state index in [1.807, 2.05) is 4.83 Å². The van der Waals surface area contributed by atoms with Gasteiger partial charge in [-0.1, -0.05) is 11.6 Å². The van der Waals surface area contributed by atoms with Crippen molar-refractivity contribution >= 4 is 50.6 Å². The van der Waals surface area contributed by atoms with Gasteiger partial charge in [-0.15, -0.1) is 16.2 Å². The zero-order chi connectivity index (χ0) is 30.2. The first-order valence-electron chi connectivity index (χ1n) is 11.7. The second-order valence-electron chi connectivity index (χ2n) is 8.21. The molecule has 0 unspecified atom stereocenters. The van der Waals surface area contributed by atoms with Gasteiger partial charge in [0.25, 0.3) is 15.9 Å². The molecule has 0 radical (unpaired) electrons. The summed E-state index contributed by atoms with van der Waals surface area (Å²) in [6, 6.07) is 8.34. The molecule has 0 fully saturated rings. The number of halogens is 4. The molecule has 0 atom stereocenters. The van der Waals surface area contributed by atoms with Crippen molar-refractivity contribution in [2.24, 2.45) is 0 Å². The molecular weight excluding hydrogens is 611 g/mol. The Kier molecular flexibility index (Phi) is 10.8. The molecule has 3 aromatic rings. The number of benzene rings is 1. The average molecular weight is 636 g/mol. The van der Waals surface area contributed by atoms with Crippen molar-refractivity contribution in [3.05, 3.63) is 63.6 Å². The third-order valence-corrected chi connectivity index (χ3v) is 8.46. The summed E-state index contributed by atoms with van der Waals surface area (Å²) >= 11 is 6.71. The predicted molar refractivity (Wildman–Crippen MR) is 145 cm³/mol. The molecule has 17 heteroatoms. The summed E-state index contributed by atoms with van der Waals surface area (Å²) in [6.07, 6.45) is -3.85. The first kappa shape index (κ1) is 31.9. The second kappa shape index (κ2) is 13.8. The summed E-state index contributed by atoms with van der Waals surface area (Å²) in [7, 11) is -1.20. The largest absolute Gasteiger partial charge is 0.497 e. The number of nitrogens with zero attached hydrogens (tertiary/aromatic N) is 1. The number of nitrogens with one attached hydrogen (secondary N) is 4. The fraction of sp³-hybridized carbons (Fsp3) is 0.292. The quantitative estimate of drug-likeness (QED) is 0.163. The molecule has 0 spiro atoms. The number of thiophene rings is 1. The Morgan fingerprint density at radius 1 is 1.10 bits per heavy atom. The van der Waals surface area contributed by atoms with E-state index >= 15 is 0 Å². The Labute approximate surface area is 242 Å². The molecular formula is C24H25ClF3N5O6S2. The van der Waals surface area contributed by atoms with Crippen molar-refractivity contribution in [1.29, 1.82) is 0 Å².